The second kappa shape index (κ2) is 9.05. The van der Waals surface area contributed by atoms with Gasteiger partial charge in [-0.3, -0.25) is 14.4 Å². The fraction of sp³-hybridized carbons (Fsp3) is 0.500. The molecule has 1 aromatic carbocycles. The molecule has 1 aliphatic rings. The highest BCUT2D eigenvalue weighted by Gasteiger charge is 2.17. The van der Waals surface area contributed by atoms with Crippen molar-refractivity contribution in [3.8, 4) is 5.75 Å². The molecule has 0 radical (unpaired) electrons. The first-order valence-electron chi connectivity index (χ1n) is 8.34. The van der Waals surface area contributed by atoms with Crippen molar-refractivity contribution in [1.29, 1.82) is 0 Å². The van der Waals surface area contributed by atoms with E-state index in [1.807, 2.05) is 0 Å². The fourth-order valence-electron chi connectivity index (χ4n) is 2.55. The molecule has 130 valence electrons. The topological polar surface area (TPSA) is 75.7 Å². The summed E-state index contributed by atoms with van der Waals surface area (Å²) in [5.74, 6) is 0.534. The summed E-state index contributed by atoms with van der Waals surface area (Å²) in [5, 5.41) is 2.65. The zero-order valence-electron chi connectivity index (χ0n) is 14.0. The molecule has 1 N–H and O–H groups in total. The molecule has 0 aromatic heterocycles. The van der Waals surface area contributed by atoms with Gasteiger partial charge in [0, 0.05) is 25.1 Å². The Labute approximate surface area is 142 Å². The van der Waals surface area contributed by atoms with E-state index >= 15 is 0 Å². The van der Waals surface area contributed by atoms with E-state index in [1.165, 1.54) is 6.92 Å². The van der Waals surface area contributed by atoms with Crippen molar-refractivity contribution >= 4 is 17.6 Å². The van der Waals surface area contributed by atoms with E-state index < -0.39 is 0 Å². The molecule has 0 unspecified atom stereocenters. The van der Waals surface area contributed by atoms with Crippen LogP contribution in [0.25, 0.3) is 0 Å². The molecule has 1 aromatic rings. The minimum atomic E-state index is -0.141. The highest BCUT2D eigenvalue weighted by Crippen LogP contribution is 2.13. The molecular weight excluding hydrogens is 308 g/mol. The molecule has 1 fully saturated rings. The lowest BCUT2D eigenvalue weighted by Crippen LogP contribution is -2.38. The third-order valence-corrected chi connectivity index (χ3v) is 3.97. The van der Waals surface area contributed by atoms with Gasteiger partial charge >= 0.3 is 0 Å². The van der Waals surface area contributed by atoms with Gasteiger partial charge in [-0.25, -0.2) is 0 Å². The van der Waals surface area contributed by atoms with Crippen LogP contribution in [0.3, 0.4) is 0 Å². The van der Waals surface area contributed by atoms with E-state index in [0.29, 0.717) is 30.8 Å². The first kappa shape index (κ1) is 18.0. The van der Waals surface area contributed by atoms with Crippen molar-refractivity contribution in [3.63, 3.8) is 0 Å². The van der Waals surface area contributed by atoms with Crippen molar-refractivity contribution in [2.75, 3.05) is 26.2 Å². The minimum absolute atomic E-state index is 0.0114. The van der Waals surface area contributed by atoms with Crippen molar-refractivity contribution in [1.82, 2.24) is 10.2 Å². The maximum atomic E-state index is 11.8. The summed E-state index contributed by atoms with van der Waals surface area (Å²) in [6.07, 6.45) is 2.98. The summed E-state index contributed by atoms with van der Waals surface area (Å²) in [6, 6.07) is 6.92. The smallest absolute Gasteiger partial charge is 0.241 e. The van der Waals surface area contributed by atoms with Crippen LogP contribution in [-0.2, 0) is 9.59 Å². The van der Waals surface area contributed by atoms with Crippen LogP contribution in [0.5, 0.6) is 5.75 Å². The summed E-state index contributed by atoms with van der Waals surface area (Å²) < 4.78 is 5.53. The van der Waals surface area contributed by atoms with Crippen LogP contribution in [0.1, 0.15) is 43.0 Å². The molecule has 0 atom stereocenters. The van der Waals surface area contributed by atoms with Gasteiger partial charge in [-0.05, 0) is 50.5 Å². The van der Waals surface area contributed by atoms with Crippen LogP contribution in [-0.4, -0.2) is 48.7 Å². The molecular formula is C18H24N2O4. The molecule has 1 aliphatic heterocycles. The number of benzene rings is 1. The lowest BCUT2D eigenvalue weighted by Gasteiger charge is -2.15. The number of rotatable bonds is 8. The van der Waals surface area contributed by atoms with Crippen molar-refractivity contribution in [3.05, 3.63) is 29.8 Å². The molecule has 24 heavy (non-hydrogen) atoms. The first-order chi connectivity index (χ1) is 11.6. The molecule has 6 nitrogen and oxygen atoms in total. The average Bonchev–Trinajstić information content (AvgIpc) is 3.11. The second-order valence-electron chi connectivity index (χ2n) is 5.90. The van der Waals surface area contributed by atoms with Gasteiger partial charge < -0.3 is 15.0 Å². The SMILES string of the molecule is CC(=O)c1ccc(OCCCC(=O)NCC(=O)N2CCCC2)cc1. The highest BCUT2D eigenvalue weighted by atomic mass is 16.5. The van der Waals surface area contributed by atoms with Crippen LogP contribution >= 0.6 is 0 Å². The largest absolute Gasteiger partial charge is 0.494 e. The van der Waals surface area contributed by atoms with E-state index in [0.717, 1.165) is 25.9 Å². The predicted octanol–water partition coefficient (Wildman–Crippen LogP) is 1.79. The molecule has 1 saturated heterocycles. The quantitative estimate of drug-likeness (QED) is 0.582. The van der Waals surface area contributed by atoms with E-state index in [9.17, 15) is 14.4 Å². The van der Waals surface area contributed by atoms with Gasteiger partial charge in [-0.15, -0.1) is 0 Å². The average molecular weight is 332 g/mol. The second-order valence-corrected chi connectivity index (χ2v) is 5.90. The number of nitrogens with one attached hydrogen (secondary N) is 1. The van der Waals surface area contributed by atoms with E-state index in [1.54, 1.807) is 29.2 Å². The molecule has 1 heterocycles. The lowest BCUT2D eigenvalue weighted by molar-refractivity contribution is -0.132. The number of carbonyl (C=O) groups is 3. The number of nitrogens with zero attached hydrogens (tertiary/aromatic N) is 1. The molecule has 2 amide bonds. The highest BCUT2D eigenvalue weighted by molar-refractivity contribution is 5.94. The maximum Gasteiger partial charge on any atom is 0.241 e. The van der Waals surface area contributed by atoms with Gasteiger partial charge in [0.05, 0.1) is 13.2 Å². The Hall–Kier alpha value is -2.37. The van der Waals surface area contributed by atoms with Crippen molar-refractivity contribution in [2.24, 2.45) is 0 Å². The molecule has 0 saturated carbocycles. The number of likely N-dealkylation sites (tertiary alicyclic amines) is 1. The van der Waals surface area contributed by atoms with Crippen LogP contribution in [0, 0.1) is 0 Å². The molecule has 0 bridgehead atoms. The van der Waals surface area contributed by atoms with Gasteiger partial charge in [0.2, 0.25) is 11.8 Å². The summed E-state index contributed by atoms with van der Waals surface area (Å²) in [7, 11) is 0. The summed E-state index contributed by atoms with van der Waals surface area (Å²) in [5.41, 5.74) is 0.643. The summed E-state index contributed by atoms with van der Waals surface area (Å²) in [6.45, 7) is 3.60. The Bertz CT molecular complexity index is 577. The first-order valence-corrected chi connectivity index (χ1v) is 8.34. The van der Waals surface area contributed by atoms with Crippen LogP contribution in [0.15, 0.2) is 24.3 Å². The monoisotopic (exact) mass is 332 g/mol. The van der Waals surface area contributed by atoms with Crippen molar-refractivity contribution in [2.45, 2.75) is 32.6 Å². The predicted molar refractivity (Wildman–Crippen MR) is 90.0 cm³/mol. The zero-order chi connectivity index (χ0) is 17.4. The third kappa shape index (κ3) is 5.68. The number of hydrogen-bond acceptors (Lipinski definition) is 4. The van der Waals surface area contributed by atoms with Gasteiger partial charge in [0.25, 0.3) is 0 Å². The van der Waals surface area contributed by atoms with Crippen molar-refractivity contribution < 1.29 is 19.1 Å². The zero-order valence-corrected chi connectivity index (χ0v) is 14.0. The normalized spacial score (nSPS) is 13.6. The Morgan fingerprint density at radius 2 is 1.79 bits per heavy atom. The van der Waals surface area contributed by atoms with Gasteiger partial charge in [-0.1, -0.05) is 0 Å². The van der Waals surface area contributed by atoms with Crippen LogP contribution in [0.4, 0.5) is 0 Å². The molecule has 2 rings (SSSR count). The lowest BCUT2D eigenvalue weighted by atomic mass is 10.1. The van der Waals surface area contributed by atoms with E-state index in [4.69, 9.17) is 4.74 Å². The van der Waals surface area contributed by atoms with E-state index in [2.05, 4.69) is 5.32 Å². The number of Topliss-reactive ketones (excluding diaryl/α,β-unsaturated/α-hetero) is 1. The summed E-state index contributed by atoms with van der Waals surface area (Å²) in [4.78, 5) is 36.5. The Morgan fingerprint density at radius 3 is 2.42 bits per heavy atom. The Balaban J connectivity index is 1.58. The Morgan fingerprint density at radius 1 is 1.12 bits per heavy atom. The van der Waals surface area contributed by atoms with Crippen LogP contribution < -0.4 is 10.1 Å². The minimum Gasteiger partial charge on any atom is -0.494 e. The molecule has 6 heteroatoms. The number of hydrogen-bond donors (Lipinski definition) is 1. The molecule has 0 aliphatic carbocycles. The van der Waals surface area contributed by atoms with Gasteiger partial charge in [-0.2, -0.15) is 0 Å². The number of carbonyl (C=O) groups excluding carboxylic acids is 3. The number of amides is 2. The Kier molecular flexibility index (Phi) is 6.78. The number of ketones is 1. The van der Waals surface area contributed by atoms with Gasteiger partial charge in [0.15, 0.2) is 5.78 Å². The standard InChI is InChI=1S/C18H24N2O4/c1-14(21)15-6-8-16(9-7-15)24-12-4-5-17(22)19-13-18(23)20-10-2-3-11-20/h6-9H,2-5,10-13H2,1H3,(H,19,22). The van der Waals surface area contributed by atoms with Crippen LogP contribution in [0.2, 0.25) is 0 Å². The molecule has 0 spiro atoms. The maximum absolute atomic E-state index is 11.8. The fourth-order valence-corrected chi connectivity index (χ4v) is 2.55. The number of ether oxygens (including phenoxy) is 1. The van der Waals surface area contributed by atoms with E-state index in [-0.39, 0.29) is 24.1 Å². The van der Waals surface area contributed by atoms with Gasteiger partial charge in [0.1, 0.15) is 5.75 Å². The third-order valence-electron chi connectivity index (χ3n) is 3.97. The summed E-state index contributed by atoms with van der Waals surface area (Å²) >= 11 is 0.